The third-order valence-corrected chi connectivity index (χ3v) is 3.14. The SMILES string of the molecule is Cc1noc(-c2ccccc2C(=O)N(C)CCC(C)O)n1. The second kappa shape index (κ2) is 6.49. The van der Waals surface area contributed by atoms with Crippen molar-refractivity contribution in [3.63, 3.8) is 0 Å². The van der Waals surface area contributed by atoms with E-state index in [9.17, 15) is 9.90 Å². The molecule has 0 saturated carbocycles. The molecule has 0 aliphatic carbocycles. The number of carbonyl (C=O) groups excluding carboxylic acids is 1. The molecule has 0 radical (unpaired) electrons. The smallest absolute Gasteiger partial charge is 0.258 e. The number of carbonyl (C=O) groups is 1. The number of aryl methyl sites for hydroxylation is 1. The summed E-state index contributed by atoms with van der Waals surface area (Å²) < 4.78 is 5.15. The highest BCUT2D eigenvalue weighted by Gasteiger charge is 2.19. The van der Waals surface area contributed by atoms with Crippen LogP contribution in [0.2, 0.25) is 0 Å². The zero-order valence-electron chi connectivity index (χ0n) is 12.4. The van der Waals surface area contributed by atoms with Crippen molar-refractivity contribution in [1.29, 1.82) is 0 Å². The van der Waals surface area contributed by atoms with E-state index in [-0.39, 0.29) is 5.91 Å². The highest BCUT2D eigenvalue weighted by Crippen LogP contribution is 2.23. The maximum absolute atomic E-state index is 12.5. The highest BCUT2D eigenvalue weighted by molar-refractivity contribution is 5.99. The van der Waals surface area contributed by atoms with Gasteiger partial charge < -0.3 is 14.5 Å². The second-order valence-corrected chi connectivity index (χ2v) is 5.06. The molecule has 0 bridgehead atoms. The van der Waals surface area contributed by atoms with Gasteiger partial charge in [-0.25, -0.2) is 0 Å². The Bertz CT molecular complexity index is 622. The van der Waals surface area contributed by atoms with Gasteiger partial charge in [0, 0.05) is 13.6 Å². The number of hydrogen-bond donors (Lipinski definition) is 1. The molecule has 6 heteroatoms. The van der Waals surface area contributed by atoms with Crippen molar-refractivity contribution in [3.8, 4) is 11.5 Å². The Hall–Kier alpha value is -2.21. The van der Waals surface area contributed by atoms with Gasteiger partial charge in [-0.15, -0.1) is 0 Å². The summed E-state index contributed by atoms with van der Waals surface area (Å²) >= 11 is 0. The van der Waals surface area contributed by atoms with E-state index in [2.05, 4.69) is 10.1 Å². The molecule has 1 aromatic carbocycles. The largest absolute Gasteiger partial charge is 0.393 e. The third kappa shape index (κ3) is 3.66. The number of aliphatic hydroxyl groups is 1. The molecule has 1 heterocycles. The molecule has 0 saturated heterocycles. The van der Waals surface area contributed by atoms with Gasteiger partial charge in [0.25, 0.3) is 11.8 Å². The highest BCUT2D eigenvalue weighted by atomic mass is 16.5. The number of amides is 1. The molecule has 6 nitrogen and oxygen atoms in total. The van der Waals surface area contributed by atoms with Gasteiger partial charge >= 0.3 is 0 Å². The van der Waals surface area contributed by atoms with E-state index < -0.39 is 6.10 Å². The maximum atomic E-state index is 12.5. The molecule has 2 aromatic rings. The Morgan fingerprint density at radius 3 is 2.76 bits per heavy atom. The zero-order valence-corrected chi connectivity index (χ0v) is 12.4. The fourth-order valence-corrected chi connectivity index (χ4v) is 1.95. The van der Waals surface area contributed by atoms with Crippen LogP contribution in [-0.2, 0) is 0 Å². The first-order valence-corrected chi connectivity index (χ1v) is 6.82. The first-order valence-electron chi connectivity index (χ1n) is 6.82. The minimum atomic E-state index is -0.436. The van der Waals surface area contributed by atoms with Crippen molar-refractivity contribution in [2.24, 2.45) is 0 Å². The fraction of sp³-hybridized carbons (Fsp3) is 0.400. The van der Waals surface area contributed by atoms with E-state index in [1.165, 1.54) is 0 Å². The van der Waals surface area contributed by atoms with E-state index in [0.717, 1.165) is 0 Å². The number of benzene rings is 1. The van der Waals surface area contributed by atoms with E-state index in [0.29, 0.717) is 35.8 Å². The van der Waals surface area contributed by atoms with Crippen LogP contribution in [0.4, 0.5) is 0 Å². The fourth-order valence-electron chi connectivity index (χ4n) is 1.95. The Morgan fingerprint density at radius 1 is 1.43 bits per heavy atom. The van der Waals surface area contributed by atoms with E-state index in [4.69, 9.17) is 4.52 Å². The molecule has 1 N–H and O–H groups in total. The molecule has 0 aliphatic rings. The molecule has 1 unspecified atom stereocenters. The molecule has 0 fully saturated rings. The van der Waals surface area contributed by atoms with Crippen LogP contribution in [0.15, 0.2) is 28.8 Å². The van der Waals surface area contributed by atoms with Crippen LogP contribution in [0.3, 0.4) is 0 Å². The minimum absolute atomic E-state index is 0.137. The summed E-state index contributed by atoms with van der Waals surface area (Å²) in [6.45, 7) is 3.91. The van der Waals surface area contributed by atoms with Crippen molar-refractivity contribution in [1.82, 2.24) is 15.0 Å². The molecule has 21 heavy (non-hydrogen) atoms. The van der Waals surface area contributed by atoms with Crippen LogP contribution < -0.4 is 0 Å². The van der Waals surface area contributed by atoms with Gasteiger partial charge in [0.2, 0.25) is 0 Å². The van der Waals surface area contributed by atoms with E-state index in [1.54, 1.807) is 44.0 Å². The molecular weight excluding hydrogens is 270 g/mol. The summed E-state index contributed by atoms with van der Waals surface area (Å²) in [4.78, 5) is 18.3. The first-order chi connectivity index (χ1) is 9.99. The molecule has 2 rings (SSSR count). The quantitative estimate of drug-likeness (QED) is 0.909. The lowest BCUT2D eigenvalue weighted by molar-refractivity contribution is 0.0769. The summed E-state index contributed by atoms with van der Waals surface area (Å²) in [6, 6.07) is 7.13. The predicted octanol–water partition coefficient (Wildman–Crippen LogP) is 1.89. The van der Waals surface area contributed by atoms with Crippen molar-refractivity contribution in [2.75, 3.05) is 13.6 Å². The first kappa shape index (κ1) is 15.2. The van der Waals surface area contributed by atoms with Crippen LogP contribution in [0.25, 0.3) is 11.5 Å². The number of nitrogens with zero attached hydrogens (tertiary/aromatic N) is 3. The third-order valence-electron chi connectivity index (χ3n) is 3.14. The summed E-state index contributed by atoms with van der Waals surface area (Å²) in [7, 11) is 1.71. The topological polar surface area (TPSA) is 79.5 Å². The van der Waals surface area contributed by atoms with Crippen LogP contribution in [0, 0.1) is 6.92 Å². The Labute approximate surface area is 123 Å². The maximum Gasteiger partial charge on any atom is 0.258 e. The van der Waals surface area contributed by atoms with Crippen molar-refractivity contribution in [2.45, 2.75) is 26.4 Å². The van der Waals surface area contributed by atoms with Crippen molar-refractivity contribution in [3.05, 3.63) is 35.7 Å². The van der Waals surface area contributed by atoms with Gasteiger partial charge in [-0.1, -0.05) is 17.3 Å². The lowest BCUT2D eigenvalue weighted by Crippen LogP contribution is -2.29. The number of rotatable bonds is 5. The molecule has 1 amide bonds. The molecule has 0 spiro atoms. The average Bonchev–Trinajstić information content (AvgIpc) is 2.90. The van der Waals surface area contributed by atoms with Crippen LogP contribution in [0.1, 0.15) is 29.5 Å². The normalized spacial score (nSPS) is 12.2. The Kier molecular flexibility index (Phi) is 4.70. The Morgan fingerprint density at radius 2 is 2.14 bits per heavy atom. The summed E-state index contributed by atoms with van der Waals surface area (Å²) in [6.07, 6.45) is 0.0958. The summed E-state index contributed by atoms with van der Waals surface area (Å²) in [5.41, 5.74) is 1.13. The standard InChI is InChI=1S/C15H19N3O3/c1-10(19)8-9-18(3)15(20)13-7-5-4-6-12(13)14-16-11(2)17-21-14/h4-7,10,19H,8-9H2,1-3H3. The van der Waals surface area contributed by atoms with E-state index >= 15 is 0 Å². The van der Waals surface area contributed by atoms with Crippen LogP contribution in [0.5, 0.6) is 0 Å². The lowest BCUT2D eigenvalue weighted by Gasteiger charge is -2.19. The van der Waals surface area contributed by atoms with Crippen LogP contribution in [-0.4, -0.2) is 45.8 Å². The molecule has 1 aromatic heterocycles. The van der Waals surface area contributed by atoms with Crippen LogP contribution >= 0.6 is 0 Å². The lowest BCUT2D eigenvalue weighted by atomic mass is 10.1. The summed E-state index contributed by atoms with van der Waals surface area (Å²) in [5.74, 6) is 0.720. The van der Waals surface area contributed by atoms with Gasteiger partial charge in [-0.3, -0.25) is 4.79 Å². The van der Waals surface area contributed by atoms with Gasteiger partial charge in [0.05, 0.1) is 17.2 Å². The Balaban J connectivity index is 2.25. The molecule has 1 atom stereocenters. The van der Waals surface area contributed by atoms with Gasteiger partial charge in [0.15, 0.2) is 5.82 Å². The average molecular weight is 289 g/mol. The van der Waals surface area contributed by atoms with Gasteiger partial charge in [-0.2, -0.15) is 4.98 Å². The number of hydrogen-bond acceptors (Lipinski definition) is 5. The minimum Gasteiger partial charge on any atom is -0.393 e. The van der Waals surface area contributed by atoms with Gasteiger partial charge in [0.1, 0.15) is 0 Å². The second-order valence-electron chi connectivity index (χ2n) is 5.06. The molecular formula is C15H19N3O3. The van der Waals surface area contributed by atoms with E-state index in [1.807, 2.05) is 6.07 Å². The zero-order chi connectivity index (χ0) is 15.4. The van der Waals surface area contributed by atoms with Crippen molar-refractivity contribution >= 4 is 5.91 Å². The monoisotopic (exact) mass is 289 g/mol. The molecule has 0 aliphatic heterocycles. The number of aliphatic hydroxyl groups excluding tert-OH is 1. The number of aromatic nitrogens is 2. The van der Waals surface area contributed by atoms with Crippen molar-refractivity contribution < 1.29 is 14.4 Å². The van der Waals surface area contributed by atoms with Gasteiger partial charge in [-0.05, 0) is 32.4 Å². The summed E-state index contributed by atoms with van der Waals surface area (Å²) in [5, 5.41) is 13.1. The predicted molar refractivity (Wildman–Crippen MR) is 77.7 cm³/mol. The molecule has 112 valence electrons.